The lowest BCUT2D eigenvalue weighted by Crippen LogP contribution is -2.30. The van der Waals surface area contributed by atoms with Crippen molar-refractivity contribution in [3.8, 4) is 0 Å². The van der Waals surface area contributed by atoms with Gasteiger partial charge in [0.2, 0.25) is 0 Å². The van der Waals surface area contributed by atoms with Crippen molar-refractivity contribution in [1.29, 1.82) is 0 Å². The van der Waals surface area contributed by atoms with Crippen molar-refractivity contribution in [3.05, 3.63) is 35.1 Å². The molecule has 0 aromatic heterocycles. The van der Waals surface area contributed by atoms with E-state index in [9.17, 15) is 9.50 Å². The first kappa shape index (κ1) is 13.1. The van der Waals surface area contributed by atoms with Gasteiger partial charge >= 0.3 is 0 Å². The van der Waals surface area contributed by atoms with Gasteiger partial charge in [0.1, 0.15) is 5.82 Å². The van der Waals surface area contributed by atoms with Crippen LogP contribution in [0.1, 0.15) is 37.5 Å². The van der Waals surface area contributed by atoms with Crippen molar-refractivity contribution < 1.29 is 9.50 Å². The van der Waals surface area contributed by atoms with Crippen LogP contribution in [-0.2, 0) is 0 Å². The second kappa shape index (κ2) is 5.41. The maximum absolute atomic E-state index is 13.1. The predicted octanol–water partition coefficient (Wildman–Crippen LogP) is 2.54. The Morgan fingerprint density at radius 3 is 2.56 bits per heavy atom. The van der Waals surface area contributed by atoms with Crippen LogP contribution in [0.15, 0.2) is 18.2 Å². The average Bonchev–Trinajstić information content (AvgIpc) is 2.19. The monoisotopic (exact) mass is 225 g/mol. The predicted molar refractivity (Wildman–Crippen MR) is 63.5 cm³/mol. The van der Waals surface area contributed by atoms with Crippen molar-refractivity contribution in [2.45, 2.75) is 39.3 Å². The minimum absolute atomic E-state index is 0.337. The Bertz CT molecular complexity index is 352. The molecule has 1 aromatic carbocycles. The van der Waals surface area contributed by atoms with Crippen LogP contribution < -0.4 is 5.73 Å². The molecular formula is C13H20FNO. The lowest BCUT2D eigenvalue weighted by atomic mass is 9.93. The van der Waals surface area contributed by atoms with E-state index in [0.29, 0.717) is 11.5 Å². The molecule has 90 valence electrons. The fourth-order valence-electron chi connectivity index (χ4n) is 1.83. The minimum atomic E-state index is -0.793. The summed E-state index contributed by atoms with van der Waals surface area (Å²) in [6, 6.07) is 4.07. The summed E-state index contributed by atoms with van der Waals surface area (Å²) in [5.41, 5.74) is 7.36. The molecule has 0 saturated carbocycles. The average molecular weight is 225 g/mol. The molecular weight excluding hydrogens is 205 g/mol. The summed E-state index contributed by atoms with van der Waals surface area (Å²) >= 11 is 0. The highest BCUT2D eigenvalue weighted by molar-refractivity contribution is 5.29. The number of aryl methyl sites for hydroxylation is 1. The van der Waals surface area contributed by atoms with Gasteiger partial charge in [-0.05, 0) is 42.5 Å². The van der Waals surface area contributed by atoms with Crippen LogP contribution >= 0.6 is 0 Å². The van der Waals surface area contributed by atoms with Gasteiger partial charge in [-0.3, -0.25) is 0 Å². The molecule has 0 heterocycles. The SMILES string of the molecule is Cc1ccc(F)cc1C(O)C(N)CC(C)C. The van der Waals surface area contributed by atoms with Crippen molar-refractivity contribution in [2.24, 2.45) is 11.7 Å². The maximum atomic E-state index is 13.1. The Hall–Kier alpha value is -0.930. The smallest absolute Gasteiger partial charge is 0.123 e. The van der Waals surface area contributed by atoms with E-state index >= 15 is 0 Å². The molecule has 2 atom stereocenters. The standard InChI is InChI=1S/C13H20FNO/c1-8(2)6-12(15)13(16)11-7-10(14)5-4-9(11)3/h4-5,7-8,12-13,16H,6,15H2,1-3H3. The second-order valence-electron chi connectivity index (χ2n) is 4.74. The summed E-state index contributed by atoms with van der Waals surface area (Å²) < 4.78 is 13.1. The number of halogens is 1. The van der Waals surface area contributed by atoms with Gasteiger partial charge in [-0.2, -0.15) is 0 Å². The first-order valence-corrected chi connectivity index (χ1v) is 5.61. The summed E-state index contributed by atoms with van der Waals surface area (Å²) in [5, 5.41) is 10.1. The third-order valence-corrected chi connectivity index (χ3v) is 2.71. The molecule has 2 nitrogen and oxygen atoms in total. The lowest BCUT2D eigenvalue weighted by molar-refractivity contribution is 0.135. The van der Waals surface area contributed by atoms with E-state index in [-0.39, 0.29) is 11.9 Å². The van der Waals surface area contributed by atoms with Crippen molar-refractivity contribution in [1.82, 2.24) is 0 Å². The quantitative estimate of drug-likeness (QED) is 0.827. The molecule has 0 radical (unpaired) electrons. The zero-order valence-corrected chi connectivity index (χ0v) is 10.1. The molecule has 1 aromatic rings. The van der Waals surface area contributed by atoms with Gasteiger partial charge in [-0.1, -0.05) is 19.9 Å². The number of aliphatic hydroxyl groups excluding tert-OH is 1. The van der Waals surface area contributed by atoms with E-state index in [1.54, 1.807) is 6.07 Å². The maximum Gasteiger partial charge on any atom is 0.123 e. The Morgan fingerprint density at radius 2 is 2.00 bits per heavy atom. The highest BCUT2D eigenvalue weighted by atomic mass is 19.1. The van der Waals surface area contributed by atoms with E-state index in [1.165, 1.54) is 12.1 Å². The molecule has 0 saturated heterocycles. The van der Waals surface area contributed by atoms with E-state index in [0.717, 1.165) is 12.0 Å². The molecule has 0 spiro atoms. The largest absolute Gasteiger partial charge is 0.387 e. The zero-order chi connectivity index (χ0) is 12.3. The third kappa shape index (κ3) is 3.29. The van der Waals surface area contributed by atoms with Crippen molar-refractivity contribution in [2.75, 3.05) is 0 Å². The first-order chi connectivity index (χ1) is 7.41. The molecule has 0 fully saturated rings. The van der Waals surface area contributed by atoms with Crippen LogP contribution in [0.5, 0.6) is 0 Å². The van der Waals surface area contributed by atoms with Crippen molar-refractivity contribution in [3.63, 3.8) is 0 Å². The van der Waals surface area contributed by atoms with E-state index < -0.39 is 6.10 Å². The number of hydrogen-bond acceptors (Lipinski definition) is 2. The summed E-state index contributed by atoms with van der Waals surface area (Å²) in [6.45, 7) is 5.94. The van der Waals surface area contributed by atoms with Crippen LogP contribution in [0.2, 0.25) is 0 Å². The fraction of sp³-hybridized carbons (Fsp3) is 0.538. The summed E-state index contributed by atoms with van der Waals surface area (Å²) in [4.78, 5) is 0. The Labute approximate surface area is 96.3 Å². The molecule has 0 aliphatic rings. The second-order valence-corrected chi connectivity index (χ2v) is 4.74. The molecule has 2 unspecified atom stereocenters. The Morgan fingerprint density at radius 1 is 1.38 bits per heavy atom. The van der Waals surface area contributed by atoms with Gasteiger partial charge in [0, 0.05) is 6.04 Å². The van der Waals surface area contributed by atoms with E-state index in [4.69, 9.17) is 5.73 Å². The summed E-state index contributed by atoms with van der Waals surface area (Å²) in [5.74, 6) is 0.0786. The number of nitrogens with two attached hydrogens (primary N) is 1. The zero-order valence-electron chi connectivity index (χ0n) is 10.1. The van der Waals surface area contributed by atoms with Gasteiger partial charge in [0.15, 0.2) is 0 Å². The topological polar surface area (TPSA) is 46.2 Å². The van der Waals surface area contributed by atoms with Crippen LogP contribution in [0.25, 0.3) is 0 Å². The first-order valence-electron chi connectivity index (χ1n) is 5.61. The van der Waals surface area contributed by atoms with Crippen molar-refractivity contribution >= 4 is 0 Å². The van der Waals surface area contributed by atoms with E-state index in [2.05, 4.69) is 0 Å². The van der Waals surface area contributed by atoms with Crippen LogP contribution in [-0.4, -0.2) is 11.1 Å². The van der Waals surface area contributed by atoms with Gasteiger partial charge in [0.25, 0.3) is 0 Å². The molecule has 3 N–H and O–H groups in total. The van der Waals surface area contributed by atoms with Gasteiger partial charge in [-0.15, -0.1) is 0 Å². The number of aliphatic hydroxyl groups is 1. The van der Waals surface area contributed by atoms with Gasteiger partial charge in [0.05, 0.1) is 6.10 Å². The molecule has 0 aliphatic heterocycles. The number of benzene rings is 1. The van der Waals surface area contributed by atoms with E-state index in [1.807, 2.05) is 20.8 Å². The molecule has 0 bridgehead atoms. The van der Waals surface area contributed by atoms with Crippen LogP contribution in [0.4, 0.5) is 4.39 Å². The number of hydrogen-bond donors (Lipinski definition) is 2. The third-order valence-electron chi connectivity index (χ3n) is 2.71. The van der Waals surface area contributed by atoms with Gasteiger partial charge < -0.3 is 10.8 Å². The molecule has 0 aliphatic carbocycles. The minimum Gasteiger partial charge on any atom is -0.387 e. The Kier molecular flexibility index (Phi) is 4.44. The van der Waals surface area contributed by atoms with Gasteiger partial charge in [-0.25, -0.2) is 4.39 Å². The molecule has 0 amide bonds. The van der Waals surface area contributed by atoms with Crippen LogP contribution in [0, 0.1) is 18.7 Å². The summed E-state index contributed by atoms with van der Waals surface area (Å²) in [7, 11) is 0. The molecule has 3 heteroatoms. The normalized spacial score (nSPS) is 15.2. The Balaban J connectivity index is 2.86. The highest BCUT2D eigenvalue weighted by Gasteiger charge is 2.20. The lowest BCUT2D eigenvalue weighted by Gasteiger charge is -2.22. The molecule has 1 rings (SSSR count). The molecule has 16 heavy (non-hydrogen) atoms. The summed E-state index contributed by atoms with van der Waals surface area (Å²) in [6.07, 6.45) is -0.0741. The highest BCUT2D eigenvalue weighted by Crippen LogP contribution is 2.23. The van der Waals surface area contributed by atoms with Crippen LogP contribution in [0.3, 0.4) is 0 Å². The number of rotatable bonds is 4. The fourth-order valence-corrected chi connectivity index (χ4v) is 1.83.